The van der Waals surface area contributed by atoms with Crippen LogP contribution >= 0.6 is 0 Å². The van der Waals surface area contributed by atoms with Crippen LogP contribution in [0.4, 0.5) is 0 Å². The number of aryl methyl sites for hydroxylation is 1. The van der Waals surface area contributed by atoms with Crippen molar-refractivity contribution in [2.24, 2.45) is 0 Å². The molecule has 0 saturated carbocycles. The van der Waals surface area contributed by atoms with Crippen LogP contribution in [0.1, 0.15) is 43.1 Å². The molecule has 0 unspecified atom stereocenters. The van der Waals surface area contributed by atoms with Crippen molar-refractivity contribution in [2.75, 3.05) is 20.6 Å². The minimum atomic E-state index is 0.659. The molecule has 0 amide bonds. The molecular formula is C31H36N6. The maximum atomic E-state index is 4.98. The van der Waals surface area contributed by atoms with Gasteiger partial charge in [-0.15, -0.1) is 0 Å². The van der Waals surface area contributed by atoms with E-state index in [2.05, 4.69) is 95.7 Å². The summed E-state index contributed by atoms with van der Waals surface area (Å²) >= 11 is 0. The average molecular weight is 493 g/mol. The fraction of sp³-hybridized carbons (Fsp3) is 0.258. The lowest BCUT2D eigenvalue weighted by Crippen LogP contribution is -2.12. The van der Waals surface area contributed by atoms with Crippen molar-refractivity contribution in [2.45, 2.75) is 33.1 Å². The van der Waals surface area contributed by atoms with Gasteiger partial charge < -0.3 is 9.88 Å². The zero-order chi connectivity index (χ0) is 26.4. The Bertz CT molecular complexity index is 1450. The van der Waals surface area contributed by atoms with Crippen molar-refractivity contribution in [1.82, 2.24) is 30.0 Å². The summed E-state index contributed by atoms with van der Waals surface area (Å²) in [5.41, 5.74) is 8.94. The van der Waals surface area contributed by atoms with Crippen molar-refractivity contribution >= 4 is 22.2 Å². The number of fused-ring (bicyclic) bond motifs is 1. The number of nitrogens with one attached hydrogen (secondary N) is 2. The smallest absolute Gasteiger partial charge is 0.181 e. The Hall–Kier alpha value is -4.03. The van der Waals surface area contributed by atoms with Crippen LogP contribution in [0.2, 0.25) is 0 Å². The van der Waals surface area contributed by atoms with Gasteiger partial charge in [0.2, 0.25) is 0 Å². The first-order valence-electron chi connectivity index (χ1n) is 12.7. The zero-order valence-corrected chi connectivity index (χ0v) is 22.3. The maximum absolute atomic E-state index is 4.98. The van der Waals surface area contributed by atoms with Crippen molar-refractivity contribution in [3.05, 3.63) is 102 Å². The highest BCUT2D eigenvalue weighted by atomic mass is 15.2. The number of aromatic amines is 2. The van der Waals surface area contributed by atoms with E-state index in [0.29, 0.717) is 5.65 Å². The van der Waals surface area contributed by atoms with Crippen molar-refractivity contribution in [3.8, 4) is 11.5 Å². The van der Waals surface area contributed by atoms with E-state index in [1.807, 2.05) is 31.3 Å². The first-order chi connectivity index (χ1) is 17.9. The van der Waals surface area contributed by atoms with Gasteiger partial charge in [-0.3, -0.25) is 5.10 Å². The minimum absolute atomic E-state index is 0.659. The van der Waals surface area contributed by atoms with Crippen LogP contribution in [-0.4, -0.2) is 50.7 Å². The molecule has 190 valence electrons. The molecule has 2 N–H and O–H groups in total. The Kier molecular flexibility index (Phi) is 8.31. The molecule has 6 nitrogen and oxygen atoms in total. The van der Waals surface area contributed by atoms with Crippen LogP contribution in [0.25, 0.3) is 33.7 Å². The molecule has 0 atom stereocenters. The van der Waals surface area contributed by atoms with Crippen LogP contribution in [0.5, 0.6) is 0 Å². The second kappa shape index (κ2) is 11.8. The lowest BCUT2D eigenvalue weighted by atomic mass is 10.0. The van der Waals surface area contributed by atoms with Gasteiger partial charge >= 0.3 is 0 Å². The van der Waals surface area contributed by atoms with E-state index in [1.165, 1.54) is 5.57 Å². The summed E-state index contributed by atoms with van der Waals surface area (Å²) in [7, 11) is 4.20. The molecule has 1 aliphatic rings. The third kappa shape index (κ3) is 5.87. The number of H-pyrrole nitrogens is 2. The van der Waals surface area contributed by atoms with Crippen LogP contribution in [-0.2, 0) is 0 Å². The summed E-state index contributed by atoms with van der Waals surface area (Å²) in [6.45, 7) is 13.1. The molecule has 0 aliphatic heterocycles. The summed E-state index contributed by atoms with van der Waals surface area (Å²) in [6, 6.07) is 2.13. The number of imidazole rings is 1. The Labute approximate surface area is 219 Å². The molecular weight excluding hydrogens is 456 g/mol. The Morgan fingerprint density at radius 3 is 2.76 bits per heavy atom. The van der Waals surface area contributed by atoms with Gasteiger partial charge in [0.1, 0.15) is 5.69 Å². The fourth-order valence-corrected chi connectivity index (χ4v) is 4.53. The van der Waals surface area contributed by atoms with E-state index >= 15 is 0 Å². The van der Waals surface area contributed by atoms with Crippen LogP contribution in [0.3, 0.4) is 0 Å². The molecule has 0 saturated heterocycles. The van der Waals surface area contributed by atoms with Gasteiger partial charge in [0.25, 0.3) is 0 Å². The third-order valence-electron chi connectivity index (χ3n) is 6.47. The number of allylic oxidation sites excluding steroid dienone is 12. The van der Waals surface area contributed by atoms with Crippen molar-refractivity contribution in [1.29, 1.82) is 0 Å². The standard InChI is InChI=1S/C31H36N6/c1-7-13-26(24-15-10-11-16-24)28-21(4)33-31(34-28)29-27-19-25(20-32-30(27)36-35-29)23(9-3)18-22(8-2)14-12-17-37(5)6/h7-10,13,15-16,18-20H,1-2,11-12,14,17H2,3-6H3,(H,33,34)(H,32,35,36)/b22-18+,23-9+,26-13-. The number of pyridine rings is 1. The van der Waals surface area contributed by atoms with Crippen LogP contribution in [0.15, 0.2) is 85.2 Å². The normalized spacial score (nSPS) is 14.6. The van der Waals surface area contributed by atoms with E-state index in [1.54, 1.807) is 0 Å². The van der Waals surface area contributed by atoms with Gasteiger partial charge in [-0.2, -0.15) is 5.10 Å². The zero-order valence-electron chi connectivity index (χ0n) is 22.3. The highest BCUT2D eigenvalue weighted by molar-refractivity contribution is 5.93. The van der Waals surface area contributed by atoms with Gasteiger partial charge in [0, 0.05) is 23.0 Å². The summed E-state index contributed by atoms with van der Waals surface area (Å²) in [4.78, 5) is 15.3. The molecule has 3 aromatic rings. The Morgan fingerprint density at radius 2 is 2.08 bits per heavy atom. The minimum Gasteiger partial charge on any atom is -0.340 e. The number of hydrogen-bond acceptors (Lipinski definition) is 4. The predicted octanol–water partition coefficient (Wildman–Crippen LogP) is 6.97. The van der Waals surface area contributed by atoms with E-state index in [0.717, 1.165) is 76.4 Å². The number of hydrogen-bond donors (Lipinski definition) is 2. The molecule has 3 heterocycles. The molecule has 0 bridgehead atoms. The largest absolute Gasteiger partial charge is 0.340 e. The van der Waals surface area contributed by atoms with Gasteiger partial charge in [-0.25, -0.2) is 9.97 Å². The number of nitrogens with zero attached hydrogens (tertiary/aromatic N) is 4. The molecule has 0 radical (unpaired) electrons. The predicted molar refractivity (Wildman–Crippen MR) is 156 cm³/mol. The summed E-state index contributed by atoms with van der Waals surface area (Å²) in [6.07, 6.45) is 21.5. The molecule has 3 aromatic heterocycles. The summed E-state index contributed by atoms with van der Waals surface area (Å²) in [5.74, 6) is 0.736. The summed E-state index contributed by atoms with van der Waals surface area (Å²) < 4.78 is 0. The van der Waals surface area contributed by atoms with Crippen LogP contribution in [0, 0.1) is 6.92 Å². The lowest BCUT2D eigenvalue weighted by Gasteiger charge is -2.10. The van der Waals surface area contributed by atoms with Crippen molar-refractivity contribution in [3.63, 3.8) is 0 Å². The molecule has 37 heavy (non-hydrogen) atoms. The second-order valence-corrected chi connectivity index (χ2v) is 9.44. The molecule has 0 spiro atoms. The molecule has 4 rings (SSSR count). The average Bonchev–Trinajstić information content (AvgIpc) is 3.64. The van der Waals surface area contributed by atoms with Gasteiger partial charge in [-0.1, -0.05) is 61.8 Å². The highest BCUT2D eigenvalue weighted by Gasteiger charge is 2.19. The van der Waals surface area contributed by atoms with Crippen molar-refractivity contribution < 1.29 is 0 Å². The summed E-state index contributed by atoms with van der Waals surface area (Å²) in [5, 5.41) is 8.53. The van der Waals surface area contributed by atoms with E-state index in [9.17, 15) is 0 Å². The lowest BCUT2D eigenvalue weighted by molar-refractivity contribution is 0.400. The number of rotatable bonds is 11. The third-order valence-corrected chi connectivity index (χ3v) is 6.47. The highest BCUT2D eigenvalue weighted by Crippen LogP contribution is 2.32. The first kappa shape index (κ1) is 26.0. The first-order valence-corrected chi connectivity index (χ1v) is 12.7. The van der Waals surface area contributed by atoms with Crippen LogP contribution < -0.4 is 0 Å². The second-order valence-electron chi connectivity index (χ2n) is 9.44. The fourth-order valence-electron chi connectivity index (χ4n) is 4.53. The molecule has 0 fully saturated rings. The monoisotopic (exact) mass is 492 g/mol. The Morgan fingerprint density at radius 1 is 1.24 bits per heavy atom. The van der Waals surface area contributed by atoms with E-state index in [-0.39, 0.29) is 0 Å². The molecule has 0 aromatic carbocycles. The van der Waals surface area contributed by atoms with Gasteiger partial charge in [-0.05, 0) is 76.5 Å². The molecule has 6 heteroatoms. The quantitative estimate of drug-likeness (QED) is 0.284. The Balaban J connectivity index is 1.69. The maximum Gasteiger partial charge on any atom is 0.181 e. The van der Waals surface area contributed by atoms with E-state index in [4.69, 9.17) is 4.98 Å². The van der Waals surface area contributed by atoms with E-state index < -0.39 is 0 Å². The topological polar surface area (TPSA) is 73.5 Å². The molecule has 1 aliphatic carbocycles. The SMILES string of the molecule is C=C/C=C(/C1=CCC=C1)c1nc(-c2[nH]nc3ncc(C(/C=C(\C=C)CCCN(C)C)=C/C)cc23)[nH]c1C. The van der Waals surface area contributed by atoms with Gasteiger partial charge in [0.05, 0.1) is 11.1 Å². The van der Waals surface area contributed by atoms with Gasteiger partial charge in [0.15, 0.2) is 11.5 Å². The number of aromatic nitrogens is 5.